The number of nitrogens with zero attached hydrogens (tertiary/aromatic N) is 1. The lowest BCUT2D eigenvalue weighted by atomic mass is 10.1. The first-order valence-corrected chi connectivity index (χ1v) is 6.83. The number of rotatable bonds is 7. The van der Waals surface area contributed by atoms with Crippen LogP contribution >= 0.6 is 24.0 Å². The lowest BCUT2D eigenvalue weighted by molar-refractivity contribution is 0.195. The number of nitrogens with one attached hydrogen (secondary N) is 2. The summed E-state index contributed by atoms with van der Waals surface area (Å²) in [6, 6.07) is 8.47. The highest BCUT2D eigenvalue weighted by Crippen LogP contribution is 2.04. The molecular formula is C15H26IN3O. The Labute approximate surface area is 139 Å². The zero-order valence-electron chi connectivity index (χ0n) is 12.6. The Morgan fingerprint density at radius 1 is 1.20 bits per heavy atom. The number of aryl methyl sites for hydroxylation is 1. The van der Waals surface area contributed by atoms with Gasteiger partial charge < -0.3 is 15.4 Å². The van der Waals surface area contributed by atoms with E-state index in [1.54, 1.807) is 7.11 Å². The summed E-state index contributed by atoms with van der Waals surface area (Å²) in [6.45, 7) is 7.36. The smallest absolute Gasteiger partial charge is 0.191 e. The molecule has 0 aliphatic heterocycles. The summed E-state index contributed by atoms with van der Waals surface area (Å²) < 4.78 is 5.02. The van der Waals surface area contributed by atoms with Gasteiger partial charge in [-0.3, -0.25) is 0 Å². The van der Waals surface area contributed by atoms with Crippen LogP contribution in [0.1, 0.15) is 24.5 Å². The van der Waals surface area contributed by atoms with Crippen molar-refractivity contribution in [2.45, 2.75) is 26.8 Å². The molecule has 5 heteroatoms. The van der Waals surface area contributed by atoms with Crippen molar-refractivity contribution < 1.29 is 4.74 Å². The Balaban J connectivity index is 0.00000361. The van der Waals surface area contributed by atoms with E-state index in [0.717, 1.165) is 32.1 Å². The van der Waals surface area contributed by atoms with Crippen molar-refractivity contribution in [2.75, 3.05) is 26.8 Å². The lowest BCUT2D eigenvalue weighted by Crippen LogP contribution is -2.38. The number of guanidine groups is 1. The van der Waals surface area contributed by atoms with Gasteiger partial charge in [-0.25, -0.2) is 4.99 Å². The maximum absolute atomic E-state index is 5.02. The molecule has 114 valence electrons. The normalized spacial score (nSPS) is 10.8. The van der Waals surface area contributed by atoms with Gasteiger partial charge in [-0.1, -0.05) is 29.8 Å². The SMILES string of the molecule is CCNC(=NCc1ccc(C)cc1)NCCCOC.I. The second-order valence-electron chi connectivity index (χ2n) is 4.45. The highest BCUT2D eigenvalue weighted by atomic mass is 127. The van der Waals surface area contributed by atoms with Crippen molar-refractivity contribution in [3.63, 3.8) is 0 Å². The van der Waals surface area contributed by atoms with Crippen LogP contribution in [0.15, 0.2) is 29.3 Å². The number of benzene rings is 1. The fraction of sp³-hybridized carbons (Fsp3) is 0.533. The molecule has 0 aliphatic carbocycles. The summed E-state index contributed by atoms with van der Waals surface area (Å²) in [7, 11) is 1.72. The van der Waals surface area contributed by atoms with E-state index in [1.165, 1.54) is 11.1 Å². The zero-order valence-corrected chi connectivity index (χ0v) is 14.9. The van der Waals surface area contributed by atoms with Crippen LogP contribution in [-0.2, 0) is 11.3 Å². The van der Waals surface area contributed by atoms with Gasteiger partial charge in [0.2, 0.25) is 0 Å². The first-order valence-electron chi connectivity index (χ1n) is 6.83. The molecule has 1 aromatic carbocycles. The Hall–Kier alpha value is -0.820. The van der Waals surface area contributed by atoms with E-state index < -0.39 is 0 Å². The zero-order chi connectivity index (χ0) is 13.9. The summed E-state index contributed by atoms with van der Waals surface area (Å²) in [4.78, 5) is 4.56. The molecule has 0 heterocycles. The van der Waals surface area contributed by atoms with Crippen molar-refractivity contribution in [1.29, 1.82) is 0 Å². The highest BCUT2D eigenvalue weighted by molar-refractivity contribution is 14.0. The number of ether oxygens (including phenoxy) is 1. The highest BCUT2D eigenvalue weighted by Gasteiger charge is 1.97. The molecule has 0 atom stereocenters. The molecule has 0 bridgehead atoms. The van der Waals surface area contributed by atoms with Gasteiger partial charge in [-0.05, 0) is 25.8 Å². The maximum atomic E-state index is 5.02. The van der Waals surface area contributed by atoms with Gasteiger partial charge in [0.25, 0.3) is 0 Å². The van der Waals surface area contributed by atoms with Crippen LogP contribution in [0, 0.1) is 6.92 Å². The standard InChI is InChI=1S/C15H25N3O.HI/c1-4-16-15(17-10-5-11-19-3)18-12-14-8-6-13(2)7-9-14;/h6-9H,4-5,10-12H2,1-3H3,(H2,16,17,18);1H. The third kappa shape index (κ3) is 8.37. The Morgan fingerprint density at radius 2 is 1.90 bits per heavy atom. The summed E-state index contributed by atoms with van der Waals surface area (Å²) in [6.07, 6.45) is 0.978. The fourth-order valence-electron chi connectivity index (χ4n) is 1.63. The Bertz CT molecular complexity index is 379. The van der Waals surface area contributed by atoms with Gasteiger partial charge in [-0.2, -0.15) is 0 Å². The summed E-state index contributed by atoms with van der Waals surface area (Å²) in [5, 5.41) is 6.54. The predicted octanol–water partition coefficient (Wildman–Crippen LogP) is 2.70. The van der Waals surface area contributed by atoms with Crippen LogP contribution in [0.25, 0.3) is 0 Å². The maximum Gasteiger partial charge on any atom is 0.191 e. The average molecular weight is 391 g/mol. The minimum atomic E-state index is 0. The minimum Gasteiger partial charge on any atom is -0.385 e. The summed E-state index contributed by atoms with van der Waals surface area (Å²) >= 11 is 0. The van der Waals surface area contributed by atoms with E-state index in [-0.39, 0.29) is 24.0 Å². The fourth-order valence-corrected chi connectivity index (χ4v) is 1.63. The molecule has 0 unspecified atom stereocenters. The van der Waals surface area contributed by atoms with Gasteiger partial charge in [0.15, 0.2) is 5.96 Å². The van der Waals surface area contributed by atoms with Crippen LogP contribution in [0.5, 0.6) is 0 Å². The van der Waals surface area contributed by atoms with Gasteiger partial charge in [-0.15, -0.1) is 24.0 Å². The van der Waals surface area contributed by atoms with Crippen molar-refractivity contribution in [2.24, 2.45) is 4.99 Å². The van der Waals surface area contributed by atoms with Crippen LogP contribution in [0.3, 0.4) is 0 Å². The monoisotopic (exact) mass is 391 g/mol. The number of hydrogen-bond acceptors (Lipinski definition) is 2. The third-order valence-corrected chi connectivity index (χ3v) is 2.70. The van der Waals surface area contributed by atoms with Crippen LogP contribution < -0.4 is 10.6 Å². The number of hydrogen-bond donors (Lipinski definition) is 2. The summed E-state index contributed by atoms with van der Waals surface area (Å²) in [5.74, 6) is 0.860. The number of methoxy groups -OCH3 is 1. The van der Waals surface area contributed by atoms with Crippen molar-refractivity contribution >= 4 is 29.9 Å². The van der Waals surface area contributed by atoms with Gasteiger partial charge in [0.05, 0.1) is 6.54 Å². The first-order chi connectivity index (χ1) is 9.26. The molecule has 0 fully saturated rings. The van der Waals surface area contributed by atoms with E-state index in [4.69, 9.17) is 4.74 Å². The van der Waals surface area contributed by atoms with E-state index in [9.17, 15) is 0 Å². The lowest BCUT2D eigenvalue weighted by Gasteiger charge is -2.11. The molecule has 0 aromatic heterocycles. The second kappa shape index (κ2) is 12.0. The van der Waals surface area contributed by atoms with Crippen LogP contribution in [0.2, 0.25) is 0 Å². The van der Waals surface area contributed by atoms with E-state index in [1.807, 2.05) is 0 Å². The van der Waals surface area contributed by atoms with Crippen molar-refractivity contribution in [1.82, 2.24) is 10.6 Å². The van der Waals surface area contributed by atoms with E-state index in [0.29, 0.717) is 6.54 Å². The van der Waals surface area contributed by atoms with Gasteiger partial charge in [0, 0.05) is 26.8 Å². The van der Waals surface area contributed by atoms with E-state index in [2.05, 4.69) is 53.7 Å². The molecule has 2 N–H and O–H groups in total. The van der Waals surface area contributed by atoms with E-state index >= 15 is 0 Å². The molecule has 0 radical (unpaired) electrons. The average Bonchev–Trinajstić information content (AvgIpc) is 2.42. The molecule has 0 aliphatic rings. The molecule has 1 rings (SSSR count). The molecule has 1 aromatic rings. The Kier molecular flexibility index (Phi) is 11.5. The molecule has 0 spiro atoms. The van der Waals surface area contributed by atoms with Crippen molar-refractivity contribution in [3.05, 3.63) is 35.4 Å². The largest absolute Gasteiger partial charge is 0.385 e. The van der Waals surface area contributed by atoms with Crippen LogP contribution in [0.4, 0.5) is 0 Å². The molecule has 20 heavy (non-hydrogen) atoms. The van der Waals surface area contributed by atoms with Gasteiger partial charge in [0.1, 0.15) is 0 Å². The first kappa shape index (κ1) is 19.2. The molecule has 4 nitrogen and oxygen atoms in total. The topological polar surface area (TPSA) is 45.7 Å². The molecule has 0 saturated carbocycles. The Morgan fingerprint density at radius 3 is 2.50 bits per heavy atom. The predicted molar refractivity (Wildman–Crippen MR) is 95.9 cm³/mol. The quantitative estimate of drug-likeness (QED) is 0.325. The summed E-state index contributed by atoms with van der Waals surface area (Å²) in [5.41, 5.74) is 2.50. The molecule has 0 amide bonds. The molecular weight excluding hydrogens is 365 g/mol. The van der Waals surface area contributed by atoms with Crippen molar-refractivity contribution in [3.8, 4) is 0 Å². The third-order valence-electron chi connectivity index (χ3n) is 2.70. The van der Waals surface area contributed by atoms with Gasteiger partial charge >= 0.3 is 0 Å². The van der Waals surface area contributed by atoms with Crippen LogP contribution in [-0.4, -0.2) is 32.8 Å². The minimum absolute atomic E-state index is 0. The number of aliphatic imine (C=N–C) groups is 1. The number of halogens is 1. The second-order valence-corrected chi connectivity index (χ2v) is 4.45. The molecule has 0 saturated heterocycles.